The molecule has 1 aromatic rings. The van der Waals surface area contributed by atoms with Crippen molar-refractivity contribution in [1.82, 2.24) is 4.90 Å². The van der Waals surface area contributed by atoms with Crippen LogP contribution in [0.2, 0.25) is 0 Å². The summed E-state index contributed by atoms with van der Waals surface area (Å²) in [6.07, 6.45) is 0.134. The van der Waals surface area contributed by atoms with Crippen LogP contribution in [-0.4, -0.2) is 37.1 Å². The third-order valence-electron chi connectivity index (χ3n) is 2.41. The van der Waals surface area contributed by atoms with Gasteiger partial charge in [0.25, 0.3) is 5.91 Å². The van der Waals surface area contributed by atoms with E-state index >= 15 is 0 Å². The number of amides is 1. The highest BCUT2D eigenvalue weighted by atomic mass is 79.9. The fourth-order valence-corrected chi connectivity index (χ4v) is 1.84. The molecule has 0 aliphatic carbocycles. The van der Waals surface area contributed by atoms with E-state index in [2.05, 4.69) is 15.9 Å². The van der Waals surface area contributed by atoms with Crippen LogP contribution in [0.3, 0.4) is 0 Å². The second kappa shape index (κ2) is 6.85. The summed E-state index contributed by atoms with van der Waals surface area (Å²) < 4.78 is 18.9. The number of ether oxygens (including phenoxy) is 1. The van der Waals surface area contributed by atoms with Gasteiger partial charge in [-0.15, -0.1) is 0 Å². The molecule has 0 aliphatic rings. The number of rotatable bonds is 5. The summed E-state index contributed by atoms with van der Waals surface area (Å²) in [5.74, 6) is -0.665. The quantitative estimate of drug-likeness (QED) is 0.835. The molecular weight excluding hydrogens is 301 g/mol. The molecule has 0 aromatic heterocycles. The molecule has 0 N–H and O–H groups in total. The molecule has 0 saturated heterocycles. The van der Waals surface area contributed by atoms with Crippen LogP contribution in [0.1, 0.15) is 24.2 Å². The van der Waals surface area contributed by atoms with E-state index in [1.807, 2.05) is 13.8 Å². The summed E-state index contributed by atoms with van der Waals surface area (Å²) in [7, 11) is 1.67. The number of carbonyl (C=O) groups excluding carboxylic acids is 1. The Bertz CT molecular complexity index is 423. The lowest BCUT2D eigenvalue weighted by molar-refractivity contribution is 0.0531. The summed E-state index contributed by atoms with van der Waals surface area (Å²) in [6.45, 7) is 4.81. The highest BCUT2D eigenvalue weighted by Crippen LogP contribution is 2.21. The molecule has 100 valence electrons. The van der Waals surface area contributed by atoms with Crippen LogP contribution in [0.4, 0.5) is 4.39 Å². The maximum Gasteiger partial charge on any atom is 0.254 e. The number of benzene rings is 1. The van der Waals surface area contributed by atoms with E-state index in [9.17, 15) is 9.18 Å². The van der Waals surface area contributed by atoms with Gasteiger partial charge in [-0.3, -0.25) is 4.79 Å². The molecule has 1 amide bonds. The molecule has 0 heterocycles. The van der Waals surface area contributed by atoms with Crippen LogP contribution in [0.15, 0.2) is 22.7 Å². The first-order chi connectivity index (χ1) is 8.43. The second-order valence-electron chi connectivity index (χ2n) is 4.25. The van der Waals surface area contributed by atoms with Gasteiger partial charge in [-0.1, -0.05) is 6.07 Å². The minimum Gasteiger partial charge on any atom is -0.377 e. The van der Waals surface area contributed by atoms with Crippen LogP contribution < -0.4 is 0 Å². The second-order valence-corrected chi connectivity index (χ2v) is 5.04. The Labute approximate surface area is 115 Å². The molecule has 0 aliphatic heterocycles. The molecule has 0 saturated carbocycles. The Kier molecular flexibility index (Phi) is 5.75. The monoisotopic (exact) mass is 317 g/mol. The lowest BCUT2D eigenvalue weighted by Crippen LogP contribution is -2.31. The van der Waals surface area contributed by atoms with Crippen molar-refractivity contribution in [2.75, 3.05) is 20.2 Å². The van der Waals surface area contributed by atoms with Crippen molar-refractivity contribution in [2.24, 2.45) is 0 Å². The molecule has 3 nitrogen and oxygen atoms in total. The Hall–Kier alpha value is -0.940. The van der Waals surface area contributed by atoms with Crippen molar-refractivity contribution in [1.29, 1.82) is 0 Å². The van der Waals surface area contributed by atoms with Crippen molar-refractivity contribution in [2.45, 2.75) is 20.0 Å². The topological polar surface area (TPSA) is 29.5 Å². The fraction of sp³-hybridized carbons (Fsp3) is 0.462. The van der Waals surface area contributed by atoms with Gasteiger partial charge in [0, 0.05) is 13.6 Å². The normalized spacial score (nSPS) is 10.8. The van der Waals surface area contributed by atoms with E-state index in [4.69, 9.17) is 4.74 Å². The lowest BCUT2D eigenvalue weighted by atomic mass is 10.2. The van der Waals surface area contributed by atoms with Crippen LogP contribution in [0, 0.1) is 5.82 Å². The Morgan fingerprint density at radius 1 is 1.50 bits per heavy atom. The zero-order valence-corrected chi connectivity index (χ0v) is 12.3. The predicted octanol–water partition coefficient (Wildman–Crippen LogP) is 3.09. The van der Waals surface area contributed by atoms with E-state index in [-0.39, 0.29) is 16.5 Å². The highest BCUT2D eigenvalue weighted by molar-refractivity contribution is 9.10. The van der Waals surface area contributed by atoms with Crippen molar-refractivity contribution in [3.8, 4) is 0 Å². The zero-order chi connectivity index (χ0) is 13.7. The summed E-state index contributed by atoms with van der Waals surface area (Å²) in [6, 6.07) is 4.42. The Morgan fingerprint density at radius 3 is 2.78 bits per heavy atom. The van der Waals surface area contributed by atoms with Gasteiger partial charge in [-0.25, -0.2) is 4.39 Å². The van der Waals surface area contributed by atoms with Crippen molar-refractivity contribution in [3.63, 3.8) is 0 Å². The average molecular weight is 318 g/mol. The molecule has 0 spiro atoms. The highest BCUT2D eigenvalue weighted by Gasteiger charge is 2.16. The molecule has 0 unspecified atom stereocenters. The van der Waals surface area contributed by atoms with Gasteiger partial charge in [-0.05, 0) is 41.9 Å². The molecule has 5 heteroatoms. The number of likely N-dealkylation sites (N-methyl/N-ethyl adjacent to an activating group) is 1. The largest absolute Gasteiger partial charge is 0.377 e. The van der Waals surface area contributed by atoms with Crippen molar-refractivity contribution < 1.29 is 13.9 Å². The maximum atomic E-state index is 13.3. The van der Waals surface area contributed by atoms with E-state index in [0.717, 1.165) is 0 Å². The first kappa shape index (κ1) is 15.1. The van der Waals surface area contributed by atoms with Gasteiger partial charge in [0.15, 0.2) is 0 Å². The first-order valence-corrected chi connectivity index (χ1v) is 6.54. The van der Waals surface area contributed by atoms with Crippen molar-refractivity contribution >= 4 is 21.8 Å². The summed E-state index contributed by atoms with van der Waals surface area (Å²) >= 11 is 3.09. The fourth-order valence-electron chi connectivity index (χ4n) is 1.40. The molecule has 0 bridgehead atoms. The van der Waals surface area contributed by atoms with Crippen LogP contribution >= 0.6 is 15.9 Å². The number of nitrogens with zero attached hydrogens (tertiary/aromatic N) is 1. The molecule has 0 radical (unpaired) electrons. The molecule has 1 aromatic carbocycles. The van der Waals surface area contributed by atoms with E-state index in [1.165, 1.54) is 17.0 Å². The third-order valence-corrected chi connectivity index (χ3v) is 3.21. The van der Waals surface area contributed by atoms with E-state index < -0.39 is 5.82 Å². The number of hydrogen-bond donors (Lipinski definition) is 0. The zero-order valence-electron chi connectivity index (χ0n) is 10.7. The summed E-state index contributed by atoms with van der Waals surface area (Å²) in [5.41, 5.74) is 0.321. The minimum absolute atomic E-state index is 0.134. The van der Waals surface area contributed by atoms with Gasteiger partial charge in [0.05, 0.1) is 22.7 Å². The number of halogens is 2. The van der Waals surface area contributed by atoms with Gasteiger partial charge < -0.3 is 9.64 Å². The lowest BCUT2D eigenvalue weighted by Gasteiger charge is -2.18. The predicted molar refractivity (Wildman–Crippen MR) is 72.1 cm³/mol. The smallest absolute Gasteiger partial charge is 0.254 e. The van der Waals surface area contributed by atoms with Gasteiger partial charge in [0.1, 0.15) is 5.82 Å². The minimum atomic E-state index is -0.437. The molecule has 18 heavy (non-hydrogen) atoms. The Morgan fingerprint density at radius 2 is 2.17 bits per heavy atom. The van der Waals surface area contributed by atoms with Gasteiger partial charge in [0.2, 0.25) is 0 Å². The molecule has 1 rings (SSSR count). The van der Waals surface area contributed by atoms with E-state index in [0.29, 0.717) is 18.7 Å². The first-order valence-electron chi connectivity index (χ1n) is 5.74. The van der Waals surface area contributed by atoms with Gasteiger partial charge in [-0.2, -0.15) is 0 Å². The number of carbonyl (C=O) groups is 1. The van der Waals surface area contributed by atoms with Crippen LogP contribution in [0.5, 0.6) is 0 Å². The van der Waals surface area contributed by atoms with Crippen molar-refractivity contribution in [3.05, 3.63) is 34.1 Å². The SMILES string of the molecule is CC(C)OCCN(C)C(=O)c1cccc(F)c1Br. The maximum absolute atomic E-state index is 13.3. The molecular formula is C13H17BrFNO2. The molecule has 0 fully saturated rings. The molecule has 0 atom stereocenters. The third kappa shape index (κ3) is 4.07. The summed E-state index contributed by atoms with van der Waals surface area (Å²) in [5, 5.41) is 0. The standard InChI is InChI=1S/C13H17BrFNO2/c1-9(2)18-8-7-16(3)13(17)10-5-4-6-11(15)12(10)14/h4-6,9H,7-8H2,1-3H3. The average Bonchev–Trinajstić information content (AvgIpc) is 2.31. The number of hydrogen-bond acceptors (Lipinski definition) is 2. The Balaban J connectivity index is 2.66. The van der Waals surface area contributed by atoms with E-state index in [1.54, 1.807) is 13.1 Å². The summed E-state index contributed by atoms with van der Waals surface area (Å²) in [4.78, 5) is 13.6. The van der Waals surface area contributed by atoms with Gasteiger partial charge >= 0.3 is 0 Å². The van der Waals surface area contributed by atoms with Crippen LogP contribution in [-0.2, 0) is 4.74 Å². The van der Waals surface area contributed by atoms with Crippen LogP contribution in [0.25, 0.3) is 0 Å².